The Bertz CT molecular complexity index is 1400. The van der Waals surface area contributed by atoms with Crippen molar-refractivity contribution in [1.29, 1.82) is 0 Å². The minimum atomic E-state index is -0.906. The molecule has 0 aromatic heterocycles. The maximum Gasteiger partial charge on any atom is 0.200 e. The third-order valence-electron chi connectivity index (χ3n) is 9.62. The van der Waals surface area contributed by atoms with Gasteiger partial charge in [0.1, 0.15) is 5.78 Å². The fourth-order valence-corrected chi connectivity index (χ4v) is 7.71. The van der Waals surface area contributed by atoms with E-state index in [9.17, 15) is 25.2 Å². The summed E-state index contributed by atoms with van der Waals surface area (Å²) in [5.74, 6) is 0.207. The number of ketones is 1. The van der Waals surface area contributed by atoms with Gasteiger partial charge in [0.25, 0.3) is 0 Å². The molecule has 0 saturated heterocycles. The lowest BCUT2D eigenvalue weighted by Gasteiger charge is -2.50. The summed E-state index contributed by atoms with van der Waals surface area (Å²) >= 11 is 0. The first-order valence-electron chi connectivity index (χ1n) is 14.8. The van der Waals surface area contributed by atoms with Crippen LogP contribution in [-0.4, -0.2) is 53.1 Å². The molecule has 0 radical (unpaired) electrons. The van der Waals surface area contributed by atoms with Gasteiger partial charge in [0.15, 0.2) is 23.0 Å². The third kappa shape index (κ3) is 5.38. The molecule has 7 N–H and O–H groups in total. The molecule has 1 heterocycles. The first-order valence-corrected chi connectivity index (χ1v) is 14.8. The Morgan fingerprint density at radius 2 is 1.81 bits per heavy atom. The number of phenols is 3. The van der Waals surface area contributed by atoms with Gasteiger partial charge in [0, 0.05) is 18.4 Å². The van der Waals surface area contributed by atoms with E-state index in [0.29, 0.717) is 42.9 Å². The lowest BCUT2D eigenvalue weighted by molar-refractivity contribution is -0.134. The Labute approximate surface area is 246 Å². The quantitative estimate of drug-likeness (QED) is 0.215. The van der Waals surface area contributed by atoms with E-state index in [1.165, 1.54) is 20.3 Å². The number of nitrogens with one attached hydrogen (secondary N) is 1. The second-order valence-electron chi connectivity index (χ2n) is 11.8. The van der Waals surface area contributed by atoms with Crippen LogP contribution in [0.25, 0.3) is 0 Å². The number of ether oxygens (including phenoxy) is 2. The van der Waals surface area contributed by atoms with Crippen molar-refractivity contribution < 1.29 is 34.7 Å². The number of benzene rings is 2. The highest BCUT2D eigenvalue weighted by Gasteiger charge is 2.57. The van der Waals surface area contributed by atoms with Crippen molar-refractivity contribution >= 4 is 5.78 Å². The summed E-state index contributed by atoms with van der Waals surface area (Å²) in [6.45, 7) is 0.593. The number of methoxy groups -OCH3 is 2. The molecule has 2 aliphatic carbocycles. The van der Waals surface area contributed by atoms with Crippen molar-refractivity contribution in [3.05, 3.63) is 64.5 Å². The Hall–Kier alpha value is -3.85. The average molecular weight is 579 g/mol. The maximum atomic E-state index is 14.4. The van der Waals surface area contributed by atoms with E-state index in [1.807, 2.05) is 0 Å². The minimum Gasteiger partial charge on any atom is -0.504 e. The zero-order valence-corrected chi connectivity index (χ0v) is 24.4. The Morgan fingerprint density at radius 3 is 2.57 bits per heavy atom. The molecule has 2 fully saturated rings. The lowest BCUT2D eigenvalue weighted by Crippen LogP contribution is -2.50. The number of nitrogens with two attached hydrogens (primary N) is 1. The van der Waals surface area contributed by atoms with Crippen LogP contribution in [0.2, 0.25) is 0 Å². The van der Waals surface area contributed by atoms with Gasteiger partial charge in [-0.3, -0.25) is 4.79 Å². The van der Waals surface area contributed by atoms with E-state index >= 15 is 0 Å². The van der Waals surface area contributed by atoms with Crippen LogP contribution in [0.3, 0.4) is 0 Å². The minimum absolute atomic E-state index is 0.0246. The molecule has 226 valence electrons. The predicted octanol–water partition coefficient (Wildman–Crippen LogP) is 4.21. The van der Waals surface area contributed by atoms with Gasteiger partial charge in [-0.15, -0.1) is 0 Å². The molecule has 2 saturated carbocycles. The van der Waals surface area contributed by atoms with Gasteiger partial charge in [-0.25, -0.2) is 0 Å². The van der Waals surface area contributed by atoms with Gasteiger partial charge in [0.2, 0.25) is 5.75 Å². The van der Waals surface area contributed by atoms with Crippen molar-refractivity contribution in [2.75, 3.05) is 20.8 Å². The molecule has 42 heavy (non-hydrogen) atoms. The van der Waals surface area contributed by atoms with E-state index in [0.717, 1.165) is 48.8 Å². The number of dihydropyridines is 1. The van der Waals surface area contributed by atoms with Gasteiger partial charge in [-0.05, 0) is 97.4 Å². The van der Waals surface area contributed by atoms with Crippen LogP contribution in [0, 0.1) is 17.3 Å². The molecule has 4 unspecified atom stereocenters. The second kappa shape index (κ2) is 12.2. The monoisotopic (exact) mass is 578 g/mol. The lowest BCUT2D eigenvalue weighted by atomic mass is 9.54. The van der Waals surface area contributed by atoms with Gasteiger partial charge in [0.05, 0.1) is 32.1 Å². The molecular weight excluding hydrogens is 536 g/mol. The summed E-state index contributed by atoms with van der Waals surface area (Å²) < 4.78 is 10.5. The largest absolute Gasteiger partial charge is 0.504 e. The summed E-state index contributed by atoms with van der Waals surface area (Å²) in [5, 5.41) is 45.4. The Balaban J connectivity index is 1.47. The van der Waals surface area contributed by atoms with Crippen LogP contribution < -0.4 is 20.5 Å². The molecule has 5 rings (SSSR count). The number of aromatic hydroxyl groups is 3. The highest BCUT2D eigenvalue weighted by atomic mass is 16.5. The van der Waals surface area contributed by atoms with Crippen LogP contribution in [0.1, 0.15) is 56.1 Å². The molecule has 4 atom stereocenters. The van der Waals surface area contributed by atoms with E-state index in [-0.39, 0.29) is 41.1 Å². The molecule has 1 aliphatic heterocycles. The number of aryl methyl sites for hydroxylation is 2. The van der Waals surface area contributed by atoms with Crippen molar-refractivity contribution in [2.45, 2.75) is 63.9 Å². The molecule has 0 amide bonds. The number of carbonyl (C=O) groups is 1. The maximum absolute atomic E-state index is 14.4. The molecule has 2 aromatic carbocycles. The summed E-state index contributed by atoms with van der Waals surface area (Å²) in [6.07, 6.45) is 7.21. The van der Waals surface area contributed by atoms with Crippen molar-refractivity contribution in [1.82, 2.24) is 5.32 Å². The van der Waals surface area contributed by atoms with Crippen molar-refractivity contribution in [2.24, 2.45) is 23.0 Å². The molecular formula is C33H42N2O7. The molecule has 2 aromatic rings. The fraction of sp³-hybridized carbons (Fsp3) is 0.485. The molecule has 3 aliphatic rings. The number of fused-ring (bicyclic) bond motifs is 3. The number of phenolic OH excluding ortho intramolecular Hbond substituents is 3. The van der Waals surface area contributed by atoms with Crippen LogP contribution >= 0.6 is 0 Å². The number of aliphatic hydroxyl groups excluding tert-OH is 1. The average Bonchev–Trinajstić information content (AvgIpc) is 3.42. The van der Waals surface area contributed by atoms with Crippen LogP contribution in [0.5, 0.6) is 28.7 Å². The first-order chi connectivity index (χ1) is 20.2. The normalized spacial score (nSPS) is 22.8. The highest BCUT2D eigenvalue weighted by Crippen LogP contribution is 2.62. The number of hydrogen-bond donors (Lipinski definition) is 6. The number of aliphatic hydroxyl groups is 1. The summed E-state index contributed by atoms with van der Waals surface area (Å²) in [5.41, 5.74) is 9.69. The van der Waals surface area contributed by atoms with Crippen LogP contribution in [0.15, 0.2) is 53.4 Å². The van der Waals surface area contributed by atoms with E-state index in [1.54, 1.807) is 24.3 Å². The van der Waals surface area contributed by atoms with Gasteiger partial charge in [-0.2, -0.15) is 0 Å². The summed E-state index contributed by atoms with van der Waals surface area (Å²) in [7, 11) is 2.91. The Morgan fingerprint density at radius 1 is 1.05 bits per heavy atom. The van der Waals surface area contributed by atoms with Crippen molar-refractivity contribution in [3.63, 3.8) is 0 Å². The zero-order valence-electron chi connectivity index (χ0n) is 24.4. The van der Waals surface area contributed by atoms with Gasteiger partial charge < -0.3 is 41.0 Å². The molecule has 0 spiro atoms. The zero-order chi connectivity index (χ0) is 30.0. The number of hydrogen-bond acceptors (Lipinski definition) is 9. The van der Waals surface area contributed by atoms with Gasteiger partial charge in [-0.1, -0.05) is 18.6 Å². The smallest absolute Gasteiger partial charge is 0.200 e. The number of rotatable bonds is 11. The molecule has 9 nitrogen and oxygen atoms in total. The first kappa shape index (κ1) is 29.6. The topological polar surface area (TPSA) is 154 Å². The number of Topliss-reactive ketones (excluding diaryl/α,β-unsaturated/α-hetero) is 1. The summed E-state index contributed by atoms with van der Waals surface area (Å²) in [6, 6.07) is 8.22. The fourth-order valence-electron chi connectivity index (χ4n) is 7.71. The third-order valence-corrected chi connectivity index (χ3v) is 9.62. The van der Waals surface area contributed by atoms with E-state index < -0.39 is 17.4 Å². The van der Waals surface area contributed by atoms with E-state index in [2.05, 4.69) is 11.4 Å². The SMILES string of the molecule is COc1cc(CCC(O)C(C(=O)CCc2cc(O)c(O)c(OC)c2)C23CCCC2CCC2=C(N)NCC=C23)ccc1O. The molecule has 0 bridgehead atoms. The summed E-state index contributed by atoms with van der Waals surface area (Å²) in [4.78, 5) is 14.4. The Kier molecular flexibility index (Phi) is 8.59. The standard InChI is InChI=1S/C33H42N2O7/c1-41-28-17-19(5-10-24(28)36)6-11-25(37)30(26(38)12-7-20-16-27(39)31(40)29(18-20)42-2)33-14-3-4-21(33)8-9-22-23(33)13-15-35-32(22)34/h5,10,13,16-18,21,25,30,35-37,39-40H,3-4,6-9,11-12,14-15,34H2,1-2H3. The number of allylic oxidation sites excluding steroid dienone is 2. The highest BCUT2D eigenvalue weighted by molar-refractivity contribution is 5.84. The van der Waals surface area contributed by atoms with E-state index in [4.69, 9.17) is 15.2 Å². The second-order valence-corrected chi connectivity index (χ2v) is 11.8. The van der Waals surface area contributed by atoms with Crippen LogP contribution in [0.4, 0.5) is 0 Å². The predicted molar refractivity (Wildman–Crippen MR) is 158 cm³/mol. The van der Waals surface area contributed by atoms with Crippen LogP contribution in [-0.2, 0) is 17.6 Å². The molecule has 9 heteroatoms. The number of carbonyl (C=O) groups excluding carboxylic acids is 1. The van der Waals surface area contributed by atoms with Crippen molar-refractivity contribution in [3.8, 4) is 28.7 Å². The van der Waals surface area contributed by atoms with Gasteiger partial charge >= 0.3 is 0 Å².